The molecule has 2 fully saturated rings. The standard InChI is InChI=1S/C31H32FN3O4/c32-29-17-26(35-20-27(39-31(35)37)19-33-18-23-7-3-1-4-8-23)11-12-28(29)25-13-15-34(16-14-25)30(36)22-38-21-24-9-5-2-6-10-24/h1-12,17-18,25,27H,13-16,19-22H2/b33-18+/t27-/m0/s1. The lowest BCUT2D eigenvalue weighted by Gasteiger charge is -2.32. The fourth-order valence-electron chi connectivity index (χ4n) is 5.02. The molecule has 2 saturated heterocycles. The molecular formula is C31H32FN3O4. The van der Waals surface area contributed by atoms with Crippen molar-refractivity contribution < 1.29 is 23.5 Å². The Kier molecular flexibility index (Phi) is 8.63. The second-order valence-corrected chi connectivity index (χ2v) is 9.86. The van der Waals surface area contributed by atoms with Crippen molar-refractivity contribution in [3.8, 4) is 0 Å². The maximum absolute atomic E-state index is 15.2. The predicted molar refractivity (Wildman–Crippen MR) is 148 cm³/mol. The molecule has 3 aromatic carbocycles. The quantitative estimate of drug-likeness (QED) is 0.358. The minimum atomic E-state index is -0.497. The van der Waals surface area contributed by atoms with E-state index in [0.717, 1.165) is 11.1 Å². The van der Waals surface area contributed by atoms with Crippen LogP contribution in [0.5, 0.6) is 0 Å². The highest BCUT2D eigenvalue weighted by atomic mass is 19.1. The van der Waals surface area contributed by atoms with Gasteiger partial charge in [-0.25, -0.2) is 9.18 Å². The van der Waals surface area contributed by atoms with Gasteiger partial charge in [0.05, 0.1) is 25.4 Å². The number of cyclic esters (lactones) is 1. The second kappa shape index (κ2) is 12.7. The number of carbonyl (C=O) groups excluding carboxylic acids is 2. The highest BCUT2D eigenvalue weighted by Crippen LogP contribution is 2.33. The number of aliphatic imine (C=N–C) groups is 1. The Labute approximate surface area is 227 Å². The number of likely N-dealkylation sites (tertiary alicyclic amines) is 1. The van der Waals surface area contributed by atoms with Gasteiger partial charge in [-0.15, -0.1) is 0 Å². The van der Waals surface area contributed by atoms with Crippen molar-refractivity contribution in [2.24, 2.45) is 4.99 Å². The Morgan fingerprint density at radius 3 is 2.46 bits per heavy atom. The van der Waals surface area contributed by atoms with E-state index in [1.54, 1.807) is 23.2 Å². The van der Waals surface area contributed by atoms with Crippen molar-refractivity contribution in [2.75, 3.05) is 37.7 Å². The summed E-state index contributed by atoms with van der Waals surface area (Å²) >= 11 is 0. The number of carbonyl (C=O) groups is 2. The number of hydrogen-bond donors (Lipinski definition) is 0. The van der Waals surface area contributed by atoms with Crippen molar-refractivity contribution >= 4 is 23.9 Å². The molecule has 0 aromatic heterocycles. The van der Waals surface area contributed by atoms with Crippen molar-refractivity contribution in [1.29, 1.82) is 0 Å². The first-order valence-corrected chi connectivity index (χ1v) is 13.3. The molecule has 0 spiro atoms. The normalized spacial score (nSPS) is 18.1. The first-order valence-electron chi connectivity index (χ1n) is 13.3. The van der Waals surface area contributed by atoms with Crippen LogP contribution in [0.1, 0.15) is 35.4 Å². The maximum atomic E-state index is 15.2. The summed E-state index contributed by atoms with van der Waals surface area (Å²) in [5.41, 5.74) is 3.09. The number of ether oxygens (including phenoxy) is 2. The van der Waals surface area contributed by atoms with Crippen LogP contribution in [0.2, 0.25) is 0 Å². The lowest BCUT2D eigenvalue weighted by Crippen LogP contribution is -2.40. The topological polar surface area (TPSA) is 71.4 Å². The average Bonchev–Trinajstić information content (AvgIpc) is 3.34. The second-order valence-electron chi connectivity index (χ2n) is 9.86. The van der Waals surface area contributed by atoms with Crippen LogP contribution in [0.4, 0.5) is 14.9 Å². The largest absolute Gasteiger partial charge is 0.442 e. The molecule has 202 valence electrons. The lowest BCUT2D eigenvalue weighted by atomic mass is 9.89. The van der Waals surface area contributed by atoms with E-state index in [4.69, 9.17) is 9.47 Å². The third kappa shape index (κ3) is 6.89. The summed E-state index contributed by atoms with van der Waals surface area (Å²) in [6.07, 6.45) is 2.21. The molecular weight excluding hydrogens is 497 g/mol. The van der Waals surface area contributed by atoms with Gasteiger partial charge in [-0.2, -0.15) is 0 Å². The number of amides is 2. The Morgan fingerprint density at radius 2 is 1.74 bits per heavy atom. The first-order chi connectivity index (χ1) is 19.1. The smallest absolute Gasteiger partial charge is 0.414 e. The molecule has 7 nitrogen and oxygen atoms in total. The van der Waals surface area contributed by atoms with E-state index in [0.29, 0.717) is 56.9 Å². The minimum Gasteiger partial charge on any atom is -0.442 e. The van der Waals surface area contributed by atoms with Gasteiger partial charge < -0.3 is 14.4 Å². The molecule has 3 aromatic rings. The summed E-state index contributed by atoms with van der Waals surface area (Å²) in [6, 6.07) is 24.4. The van der Waals surface area contributed by atoms with Crippen molar-refractivity contribution in [1.82, 2.24) is 4.90 Å². The molecule has 0 aliphatic carbocycles. The van der Waals surface area contributed by atoms with Gasteiger partial charge in [-0.05, 0) is 47.6 Å². The Balaban J connectivity index is 1.10. The maximum Gasteiger partial charge on any atom is 0.414 e. The van der Waals surface area contributed by atoms with E-state index in [1.165, 1.54) is 11.0 Å². The Morgan fingerprint density at radius 1 is 1.03 bits per heavy atom. The number of rotatable bonds is 9. The third-order valence-electron chi connectivity index (χ3n) is 7.14. The molecule has 0 saturated carbocycles. The van der Waals surface area contributed by atoms with Crippen LogP contribution in [0.25, 0.3) is 0 Å². The van der Waals surface area contributed by atoms with E-state index in [9.17, 15) is 9.59 Å². The van der Waals surface area contributed by atoms with Crippen molar-refractivity contribution in [3.63, 3.8) is 0 Å². The molecule has 0 N–H and O–H groups in total. The number of piperidine rings is 1. The van der Waals surface area contributed by atoms with Crippen LogP contribution in [0.15, 0.2) is 83.9 Å². The first kappa shape index (κ1) is 26.6. The van der Waals surface area contributed by atoms with E-state index in [1.807, 2.05) is 60.7 Å². The van der Waals surface area contributed by atoms with Gasteiger partial charge in [0.1, 0.15) is 18.5 Å². The molecule has 2 aliphatic rings. The van der Waals surface area contributed by atoms with E-state index in [2.05, 4.69) is 4.99 Å². The summed E-state index contributed by atoms with van der Waals surface area (Å²) in [4.78, 5) is 32.6. The van der Waals surface area contributed by atoms with E-state index >= 15 is 4.39 Å². The van der Waals surface area contributed by atoms with Gasteiger partial charge in [-0.3, -0.25) is 14.7 Å². The zero-order valence-corrected chi connectivity index (χ0v) is 21.7. The Bertz CT molecular complexity index is 1290. The summed E-state index contributed by atoms with van der Waals surface area (Å²) in [5, 5.41) is 0. The average molecular weight is 530 g/mol. The summed E-state index contributed by atoms with van der Waals surface area (Å²) in [5.74, 6) is -0.379. The SMILES string of the molecule is O=C(COCc1ccccc1)N1CCC(c2ccc(N3C[C@H](C/N=C/c4ccccc4)OC3=O)cc2F)CC1. The number of halogens is 1. The van der Waals surface area contributed by atoms with Crippen LogP contribution in [0, 0.1) is 5.82 Å². The van der Waals surface area contributed by atoms with Crippen LogP contribution in [0.3, 0.4) is 0 Å². The molecule has 2 amide bonds. The molecule has 39 heavy (non-hydrogen) atoms. The predicted octanol–water partition coefficient (Wildman–Crippen LogP) is 5.19. The van der Waals surface area contributed by atoms with Crippen molar-refractivity contribution in [3.05, 3.63) is 101 Å². The number of benzene rings is 3. The third-order valence-corrected chi connectivity index (χ3v) is 7.14. The number of anilines is 1. The summed E-state index contributed by atoms with van der Waals surface area (Å²) in [6.45, 7) is 2.20. The van der Waals surface area contributed by atoms with Crippen molar-refractivity contribution in [2.45, 2.75) is 31.5 Å². The monoisotopic (exact) mass is 529 g/mol. The lowest BCUT2D eigenvalue weighted by molar-refractivity contribution is -0.137. The summed E-state index contributed by atoms with van der Waals surface area (Å²) in [7, 11) is 0. The molecule has 8 heteroatoms. The van der Waals surface area contributed by atoms with Gasteiger partial charge in [0, 0.05) is 19.3 Å². The molecule has 0 unspecified atom stereocenters. The van der Waals surface area contributed by atoms with Gasteiger partial charge in [0.15, 0.2) is 0 Å². The number of nitrogens with zero attached hydrogens (tertiary/aromatic N) is 3. The zero-order chi connectivity index (χ0) is 27.0. The van der Waals surface area contributed by atoms with E-state index in [-0.39, 0.29) is 24.2 Å². The molecule has 1 atom stereocenters. The zero-order valence-electron chi connectivity index (χ0n) is 21.7. The fraction of sp³-hybridized carbons (Fsp3) is 0.323. The van der Waals surface area contributed by atoms with Gasteiger partial charge in [-0.1, -0.05) is 66.7 Å². The minimum absolute atomic E-state index is 0.0129. The van der Waals surface area contributed by atoms with Gasteiger partial charge >= 0.3 is 6.09 Å². The van der Waals surface area contributed by atoms with Gasteiger partial charge in [0.2, 0.25) is 5.91 Å². The molecule has 2 aliphatic heterocycles. The molecule has 0 bridgehead atoms. The molecule has 0 radical (unpaired) electrons. The highest BCUT2D eigenvalue weighted by molar-refractivity contribution is 5.90. The van der Waals surface area contributed by atoms with Gasteiger partial charge in [0.25, 0.3) is 0 Å². The molecule has 2 heterocycles. The fourth-order valence-corrected chi connectivity index (χ4v) is 5.02. The highest BCUT2D eigenvalue weighted by Gasteiger charge is 2.33. The van der Waals surface area contributed by atoms with E-state index < -0.39 is 12.2 Å². The van der Waals surface area contributed by atoms with Crippen LogP contribution < -0.4 is 4.90 Å². The summed E-state index contributed by atoms with van der Waals surface area (Å²) < 4.78 is 26.2. The van der Waals surface area contributed by atoms with Crippen LogP contribution >= 0.6 is 0 Å². The van der Waals surface area contributed by atoms with Crippen LogP contribution in [-0.2, 0) is 20.9 Å². The number of hydrogen-bond acceptors (Lipinski definition) is 5. The Hall–Kier alpha value is -4.04. The molecule has 5 rings (SSSR count). The van der Waals surface area contributed by atoms with Crippen LogP contribution in [-0.4, -0.2) is 62.0 Å².